The van der Waals surface area contributed by atoms with Gasteiger partial charge in [-0.25, -0.2) is 4.79 Å². The second-order valence-electron chi connectivity index (χ2n) is 5.57. The number of para-hydroxylation sites is 1. The molecule has 2 unspecified atom stereocenters. The van der Waals surface area contributed by atoms with Gasteiger partial charge < -0.3 is 15.3 Å². The minimum absolute atomic E-state index is 0.203. The first-order chi connectivity index (χ1) is 10.8. The fraction of sp³-hybridized carbons (Fsp3) is 0.500. The van der Waals surface area contributed by atoms with Gasteiger partial charge in [0.25, 0.3) is 0 Å². The zero-order chi connectivity index (χ0) is 17.0. The molecular weight excluding hydrogens is 322 g/mol. The second-order valence-corrected chi connectivity index (χ2v) is 7.04. The molecule has 0 aliphatic carbocycles. The summed E-state index contributed by atoms with van der Waals surface area (Å²) in [4.78, 5) is 13.8. The summed E-state index contributed by atoms with van der Waals surface area (Å²) >= 11 is 0. The Balaban J connectivity index is 2.17. The predicted octanol–water partition coefficient (Wildman–Crippen LogP) is 1.34. The monoisotopic (exact) mass is 343 g/mol. The van der Waals surface area contributed by atoms with Crippen molar-refractivity contribution in [3.8, 4) is 0 Å². The van der Waals surface area contributed by atoms with Crippen LogP contribution in [0.25, 0.3) is 0 Å². The van der Waals surface area contributed by atoms with Gasteiger partial charge in [-0.3, -0.25) is 9.45 Å². The molecule has 1 amide bonds. The Labute approximate surface area is 135 Å². The summed E-state index contributed by atoms with van der Waals surface area (Å²) in [5.74, 6) is 0. The van der Waals surface area contributed by atoms with E-state index in [-0.39, 0.29) is 12.6 Å². The van der Waals surface area contributed by atoms with Gasteiger partial charge in [0.05, 0.1) is 0 Å². The molecule has 0 saturated carbocycles. The minimum Gasteiger partial charge on any atom is -0.465 e. The lowest BCUT2D eigenvalue weighted by molar-refractivity contribution is 0.0940. The summed E-state index contributed by atoms with van der Waals surface area (Å²) in [7, 11) is -2.84. The van der Waals surface area contributed by atoms with Crippen LogP contribution in [-0.2, 0) is 10.1 Å². The summed E-state index contributed by atoms with van der Waals surface area (Å²) in [6.45, 7) is 0.636. The number of likely N-dealkylation sites (tertiary alicyclic amines) is 1. The van der Waals surface area contributed by atoms with E-state index in [0.29, 0.717) is 25.1 Å². The fourth-order valence-electron chi connectivity index (χ4n) is 2.72. The second kappa shape index (κ2) is 7.16. The smallest absolute Gasteiger partial charge is 0.407 e. The molecule has 0 aromatic heterocycles. The highest BCUT2D eigenvalue weighted by molar-refractivity contribution is 7.86. The third-order valence-corrected chi connectivity index (χ3v) is 4.97. The van der Waals surface area contributed by atoms with Crippen molar-refractivity contribution in [2.75, 3.05) is 25.5 Å². The van der Waals surface area contributed by atoms with Crippen molar-refractivity contribution in [3.63, 3.8) is 0 Å². The SMILES string of the molecule is CN(C1CCCN(C(=O)O)C1)C(Nc1ccccc1)S(=O)(=O)O. The van der Waals surface area contributed by atoms with E-state index in [0.717, 1.165) is 0 Å². The summed E-state index contributed by atoms with van der Waals surface area (Å²) < 4.78 is 33.1. The molecule has 1 heterocycles. The number of rotatable bonds is 5. The lowest BCUT2D eigenvalue weighted by Gasteiger charge is -2.39. The van der Waals surface area contributed by atoms with Crippen LogP contribution in [0.3, 0.4) is 0 Å². The first-order valence-electron chi connectivity index (χ1n) is 7.26. The highest BCUT2D eigenvalue weighted by Crippen LogP contribution is 2.20. The lowest BCUT2D eigenvalue weighted by atomic mass is 10.1. The number of anilines is 1. The number of likely N-dealkylation sites (N-methyl/N-ethyl adjacent to an activating group) is 1. The van der Waals surface area contributed by atoms with Crippen LogP contribution in [0.15, 0.2) is 30.3 Å². The fourth-order valence-corrected chi connectivity index (χ4v) is 3.59. The van der Waals surface area contributed by atoms with E-state index in [1.165, 1.54) is 9.80 Å². The van der Waals surface area contributed by atoms with Gasteiger partial charge in [-0.1, -0.05) is 18.2 Å². The van der Waals surface area contributed by atoms with Crippen molar-refractivity contribution in [1.29, 1.82) is 0 Å². The summed E-state index contributed by atoms with van der Waals surface area (Å²) in [6.07, 6.45) is 0.274. The standard InChI is InChI=1S/C14H21N3O5S/c1-16(12-8-5-9-17(10-12)14(18)19)13(23(20,21)22)15-11-6-3-2-4-7-11/h2-4,6-7,12-13,15H,5,8-10H2,1H3,(H,18,19)(H,20,21,22). The Bertz CT molecular complexity index is 637. The van der Waals surface area contributed by atoms with Gasteiger partial charge in [-0.15, -0.1) is 0 Å². The molecule has 1 fully saturated rings. The van der Waals surface area contributed by atoms with Crippen molar-refractivity contribution in [2.24, 2.45) is 0 Å². The topological polar surface area (TPSA) is 110 Å². The Morgan fingerprint density at radius 3 is 2.61 bits per heavy atom. The van der Waals surface area contributed by atoms with Crippen LogP contribution in [-0.4, -0.2) is 65.6 Å². The molecule has 8 nitrogen and oxygen atoms in total. The summed E-state index contributed by atoms with van der Waals surface area (Å²) in [5.41, 5.74) is -0.795. The maximum absolute atomic E-state index is 11.8. The number of piperidine rings is 1. The molecule has 1 saturated heterocycles. The number of benzene rings is 1. The highest BCUT2D eigenvalue weighted by Gasteiger charge is 2.35. The summed E-state index contributed by atoms with van der Waals surface area (Å²) in [5, 5.41) is 11.9. The number of nitrogens with one attached hydrogen (secondary N) is 1. The zero-order valence-electron chi connectivity index (χ0n) is 12.8. The molecule has 0 radical (unpaired) electrons. The van der Waals surface area contributed by atoms with E-state index in [4.69, 9.17) is 5.11 Å². The van der Waals surface area contributed by atoms with Crippen molar-refractivity contribution >= 4 is 21.9 Å². The largest absolute Gasteiger partial charge is 0.465 e. The molecule has 1 aromatic rings. The van der Waals surface area contributed by atoms with Crippen LogP contribution in [0, 0.1) is 0 Å². The van der Waals surface area contributed by atoms with Crippen molar-refractivity contribution in [2.45, 2.75) is 24.4 Å². The van der Waals surface area contributed by atoms with Gasteiger partial charge in [0.15, 0.2) is 0 Å². The van der Waals surface area contributed by atoms with Crippen molar-refractivity contribution in [1.82, 2.24) is 9.80 Å². The van der Waals surface area contributed by atoms with E-state index in [1.54, 1.807) is 37.4 Å². The Kier molecular flexibility index (Phi) is 5.45. The van der Waals surface area contributed by atoms with Crippen LogP contribution in [0.1, 0.15) is 12.8 Å². The van der Waals surface area contributed by atoms with Gasteiger partial charge in [0.1, 0.15) is 0 Å². The molecule has 2 atom stereocenters. The van der Waals surface area contributed by atoms with Crippen LogP contribution in [0.5, 0.6) is 0 Å². The number of nitrogens with zero attached hydrogens (tertiary/aromatic N) is 2. The molecular formula is C14H21N3O5S. The maximum Gasteiger partial charge on any atom is 0.407 e. The first kappa shape index (κ1) is 17.5. The minimum atomic E-state index is -4.40. The maximum atomic E-state index is 11.8. The molecule has 0 bridgehead atoms. The highest BCUT2D eigenvalue weighted by atomic mass is 32.2. The van der Waals surface area contributed by atoms with Crippen LogP contribution in [0.2, 0.25) is 0 Å². The molecule has 23 heavy (non-hydrogen) atoms. The Morgan fingerprint density at radius 2 is 2.04 bits per heavy atom. The Hall–Kier alpha value is -1.84. The predicted molar refractivity (Wildman–Crippen MR) is 85.8 cm³/mol. The van der Waals surface area contributed by atoms with Crippen LogP contribution >= 0.6 is 0 Å². The van der Waals surface area contributed by atoms with E-state index in [2.05, 4.69) is 5.32 Å². The van der Waals surface area contributed by atoms with Gasteiger partial charge >= 0.3 is 16.2 Å². The average molecular weight is 343 g/mol. The Morgan fingerprint density at radius 1 is 1.39 bits per heavy atom. The molecule has 0 spiro atoms. The molecule has 9 heteroatoms. The number of carboxylic acid groups (broad SMARTS) is 1. The number of hydrogen-bond acceptors (Lipinski definition) is 5. The van der Waals surface area contributed by atoms with Crippen LogP contribution < -0.4 is 5.32 Å². The van der Waals surface area contributed by atoms with E-state index in [1.807, 2.05) is 0 Å². The number of amides is 1. The van der Waals surface area contributed by atoms with Gasteiger partial charge in [-0.2, -0.15) is 8.42 Å². The number of hydrogen-bond donors (Lipinski definition) is 3. The average Bonchev–Trinajstić information content (AvgIpc) is 2.52. The van der Waals surface area contributed by atoms with Gasteiger partial charge in [0, 0.05) is 24.8 Å². The van der Waals surface area contributed by atoms with Crippen molar-refractivity contribution in [3.05, 3.63) is 30.3 Å². The zero-order valence-corrected chi connectivity index (χ0v) is 13.6. The quantitative estimate of drug-likeness (QED) is 0.546. The third-order valence-electron chi connectivity index (χ3n) is 3.96. The molecule has 1 aliphatic rings. The van der Waals surface area contributed by atoms with E-state index < -0.39 is 21.7 Å². The molecule has 1 aromatic carbocycles. The molecule has 2 rings (SSSR count). The van der Waals surface area contributed by atoms with Gasteiger partial charge in [-0.05, 0) is 32.0 Å². The number of carbonyl (C=O) groups is 1. The molecule has 1 aliphatic heterocycles. The third kappa shape index (κ3) is 4.57. The first-order valence-corrected chi connectivity index (χ1v) is 8.77. The van der Waals surface area contributed by atoms with E-state index in [9.17, 15) is 17.8 Å². The molecule has 128 valence electrons. The lowest BCUT2D eigenvalue weighted by Crippen LogP contribution is -2.55. The van der Waals surface area contributed by atoms with E-state index >= 15 is 0 Å². The normalized spacial score (nSPS) is 20.3. The molecule has 3 N–H and O–H groups in total. The van der Waals surface area contributed by atoms with Crippen molar-refractivity contribution < 1.29 is 22.9 Å². The van der Waals surface area contributed by atoms with Gasteiger partial charge in [0.2, 0.25) is 5.50 Å². The summed E-state index contributed by atoms with van der Waals surface area (Å²) in [6, 6.07) is 8.37. The van der Waals surface area contributed by atoms with Crippen LogP contribution in [0.4, 0.5) is 10.5 Å².